The standard InChI is InChI=1S/C15H16N4/c1-11-5-4-6-12(2)14(11)13-7-9-19(17-13)15-16-8-10-18(15)3/h4-10H,1-3H3. The quantitative estimate of drug-likeness (QED) is 0.703. The Bertz CT molecular complexity index is 701. The molecule has 4 nitrogen and oxygen atoms in total. The summed E-state index contributed by atoms with van der Waals surface area (Å²) >= 11 is 0. The summed E-state index contributed by atoms with van der Waals surface area (Å²) in [5, 5.41) is 4.64. The molecule has 0 spiro atoms. The summed E-state index contributed by atoms with van der Waals surface area (Å²) in [5.74, 6) is 0.817. The molecule has 3 rings (SSSR count). The molecule has 0 amide bonds. The van der Waals surface area contributed by atoms with Crippen molar-refractivity contribution >= 4 is 0 Å². The van der Waals surface area contributed by atoms with Gasteiger partial charge in [-0.3, -0.25) is 0 Å². The summed E-state index contributed by atoms with van der Waals surface area (Å²) in [6, 6.07) is 8.33. The average molecular weight is 252 g/mol. The van der Waals surface area contributed by atoms with Gasteiger partial charge in [-0.2, -0.15) is 5.10 Å². The number of benzene rings is 1. The van der Waals surface area contributed by atoms with Crippen LogP contribution >= 0.6 is 0 Å². The zero-order valence-corrected chi connectivity index (χ0v) is 11.3. The highest BCUT2D eigenvalue weighted by molar-refractivity contribution is 5.67. The molecule has 3 aromatic rings. The van der Waals surface area contributed by atoms with E-state index in [1.807, 2.05) is 30.1 Å². The van der Waals surface area contributed by atoms with E-state index in [4.69, 9.17) is 0 Å². The van der Waals surface area contributed by atoms with Crippen molar-refractivity contribution < 1.29 is 0 Å². The second kappa shape index (κ2) is 4.39. The van der Waals surface area contributed by atoms with Gasteiger partial charge in [-0.15, -0.1) is 0 Å². The molecule has 0 atom stereocenters. The summed E-state index contributed by atoms with van der Waals surface area (Å²) < 4.78 is 3.75. The van der Waals surface area contributed by atoms with E-state index in [0.29, 0.717) is 0 Å². The molecule has 0 fully saturated rings. The molecule has 19 heavy (non-hydrogen) atoms. The van der Waals surface area contributed by atoms with Gasteiger partial charge >= 0.3 is 0 Å². The molecule has 0 aliphatic carbocycles. The molecular weight excluding hydrogens is 236 g/mol. The first-order chi connectivity index (χ1) is 9.16. The summed E-state index contributed by atoms with van der Waals surface area (Å²) in [7, 11) is 1.96. The molecule has 0 unspecified atom stereocenters. The van der Waals surface area contributed by atoms with Crippen molar-refractivity contribution in [2.75, 3.05) is 0 Å². The third kappa shape index (κ3) is 1.95. The fourth-order valence-corrected chi connectivity index (χ4v) is 2.37. The van der Waals surface area contributed by atoms with Crippen LogP contribution in [0.15, 0.2) is 42.9 Å². The van der Waals surface area contributed by atoms with Crippen molar-refractivity contribution in [3.05, 3.63) is 54.0 Å². The van der Waals surface area contributed by atoms with Crippen LogP contribution in [0.4, 0.5) is 0 Å². The molecular formula is C15H16N4. The van der Waals surface area contributed by atoms with Crippen molar-refractivity contribution in [2.45, 2.75) is 13.8 Å². The lowest BCUT2D eigenvalue weighted by atomic mass is 10.0. The molecule has 0 saturated heterocycles. The maximum absolute atomic E-state index is 4.64. The zero-order valence-electron chi connectivity index (χ0n) is 11.3. The van der Waals surface area contributed by atoms with Crippen LogP contribution < -0.4 is 0 Å². The molecule has 2 heterocycles. The van der Waals surface area contributed by atoms with Gasteiger partial charge in [-0.25, -0.2) is 9.67 Å². The lowest BCUT2D eigenvalue weighted by Gasteiger charge is -2.06. The predicted octanol–water partition coefficient (Wildman–Crippen LogP) is 2.89. The minimum Gasteiger partial charge on any atom is -0.319 e. The lowest BCUT2D eigenvalue weighted by Crippen LogP contribution is -2.03. The van der Waals surface area contributed by atoms with E-state index >= 15 is 0 Å². The van der Waals surface area contributed by atoms with Crippen molar-refractivity contribution in [1.82, 2.24) is 19.3 Å². The first-order valence-electron chi connectivity index (χ1n) is 6.27. The highest BCUT2D eigenvalue weighted by Gasteiger charge is 2.10. The van der Waals surface area contributed by atoms with Gasteiger partial charge in [0.25, 0.3) is 0 Å². The maximum atomic E-state index is 4.64. The van der Waals surface area contributed by atoms with Crippen LogP contribution in [0.5, 0.6) is 0 Å². The molecule has 2 aromatic heterocycles. The van der Waals surface area contributed by atoms with E-state index in [9.17, 15) is 0 Å². The van der Waals surface area contributed by atoms with Gasteiger partial charge in [0.15, 0.2) is 0 Å². The van der Waals surface area contributed by atoms with Crippen LogP contribution in [-0.4, -0.2) is 19.3 Å². The van der Waals surface area contributed by atoms with Crippen LogP contribution in [-0.2, 0) is 7.05 Å². The smallest absolute Gasteiger partial charge is 0.230 e. The fraction of sp³-hybridized carbons (Fsp3) is 0.200. The van der Waals surface area contributed by atoms with Crippen molar-refractivity contribution in [3.63, 3.8) is 0 Å². The SMILES string of the molecule is Cc1cccc(C)c1-c1ccn(-c2nccn2C)n1. The molecule has 0 aliphatic heterocycles. The lowest BCUT2D eigenvalue weighted by molar-refractivity contribution is 0.751. The normalized spacial score (nSPS) is 10.9. The predicted molar refractivity (Wildman–Crippen MR) is 75.2 cm³/mol. The van der Waals surface area contributed by atoms with Gasteiger partial charge in [0, 0.05) is 31.2 Å². The van der Waals surface area contributed by atoms with Crippen LogP contribution in [0.1, 0.15) is 11.1 Å². The van der Waals surface area contributed by atoms with Gasteiger partial charge in [-0.1, -0.05) is 18.2 Å². The van der Waals surface area contributed by atoms with E-state index < -0.39 is 0 Å². The molecule has 0 bridgehead atoms. The van der Waals surface area contributed by atoms with Crippen LogP contribution in [0, 0.1) is 13.8 Å². The Kier molecular flexibility index (Phi) is 2.71. The molecule has 0 radical (unpaired) electrons. The van der Waals surface area contributed by atoms with Gasteiger partial charge < -0.3 is 4.57 Å². The molecule has 96 valence electrons. The number of hydrogen-bond acceptors (Lipinski definition) is 2. The van der Waals surface area contributed by atoms with Crippen molar-refractivity contribution in [1.29, 1.82) is 0 Å². The highest BCUT2D eigenvalue weighted by Crippen LogP contribution is 2.25. The number of aromatic nitrogens is 4. The van der Waals surface area contributed by atoms with E-state index in [0.717, 1.165) is 11.6 Å². The maximum Gasteiger partial charge on any atom is 0.230 e. The Balaban J connectivity index is 2.10. The number of aryl methyl sites for hydroxylation is 3. The number of hydrogen-bond donors (Lipinski definition) is 0. The third-order valence-electron chi connectivity index (χ3n) is 3.33. The largest absolute Gasteiger partial charge is 0.319 e. The van der Waals surface area contributed by atoms with E-state index in [2.05, 4.69) is 42.1 Å². The van der Waals surface area contributed by atoms with Crippen molar-refractivity contribution in [2.24, 2.45) is 7.05 Å². The van der Waals surface area contributed by atoms with Crippen LogP contribution in [0.3, 0.4) is 0 Å². The third-order valence-corrected chi connectivity index (χ3v) is 3.33. The Labute approximate surface area is 112 Å². The number of nitrogens with zero attached hydrogens (tertiary/aromatic N) is 4. The Morgan fingerprint density at radius 2 is 1.74 bits per heavy atom. The molecule has 0 aliphatic rings. The Hall–Kier alpha value is -2.36. The summed E-state index contributed by atoms with van der Waals surface area (Å²) in [5.41, 5.74) is 4.67. The highest BCUT2D eigenvalue weighted by atomic mass is 15.4. The van der Waals surface area contributed by atoms with E-state index in [-0.39, 0.29) is 0 Å². The average Bonchev–Trinajstić information content (AvgIpc) is 2.98. The minimum atomic E-state index is 0.817. The molecule has 1 aromatic carbocycles. The van der Waals surface area contributed by atoms with Gasteiger partial charge in [0.1, 0.15) is 0 Å². The van der Waals surface area contributed by atoms with Crippen LogP contribution in [0.25, 0.3) is 17.2 Å². The molecule has 0 N–H and O–H groups in total. The second-order valence-electron chi connectivity index (χ2n) is 4.75. The molecule has 0 saturated carbocycles. The zero-order chi connectivity index (χ0) is 13.4. The van der Waals surface area contributed by atoms with Gasteiger partial charge in [-0.05, 0) is 31.0 Å². The first-order valence-corrected chi connectivity index (χ1v) is 6.27. The summed E-state index contributed by atoms with van der Waals surface area (Å²) in [4.78, 5) is 4.30. The number of rotatable bonds is 2. The van der Waals surface area contributed by atoms with E-state index in [1.54, 1.807) is 10.9 Å². The van der Waals surface area contributed by atoms with Gasteiger partial charge in [0.2, 0.25) is 5.95 Å². The van der Waals surface area contributed by atoms with E-state index in [1.165, 1.54) is 16.7 Å². The number of imidazole rings is 1. The molecule has 4 heteroatoms. The Morgan fingerprint density at radius 1 is 1.00 bits per heavy atom. The summed E-state index contributed by atoms with van der Waals surface area (Å²) in [6.07, 6.45) is 5.63. The fourth-order valence-electron chi connectivity index (χ4n) is 2.37. The van der Waals surface area contributed by atoms with Crippen LogP contribution in [0.2, 0.25) is 0 Å². The first kappa shape index (κ1) is 11.7. The second-order valence-corrected chi connectivity index (χ2v) is 4.75. The van der Waals surface area contributed by atoms with Gasteiger partial charge in [0.05, 0.1) is 5.69 Å². The monoisotopic (exact) mass is 252 g/mol. The summed E-state index contributed by atoms with van der Waals surface area (Å²) in [6.45, 7) is 4.23. The topological polar surface area (TPSA) is 35.6 Å². The van der Waals surface area contributed by atoms with Crippen molar-refractivity contribution in [3.8, 4) is 17.2 Å². The minimum absolute atomic E-state index is 0.817. The Morgan fingerprint density at radius 3 is 2.37 bits per heavy atom.